The fraction of sp³-hybridized carbons (Fsp3) is 0.614. The zero-order chi connectivity index (χ0) is 51.8. The highest BCUT2D eigenvalue weighted by molar-refractivity contribution is 7.99. The lowest BCUT2D eigenvalue weighted by atomic mass is 9.96. The standard InChI is InChI=1S/C44H69N11O13S/c1-5-25(4)38-43(67)51-28(11-12-33(45)58)40(64)53-32(21-34(46)59)41(65)52-29(13-17-69-18-14-36(61)49-31(42(66)54-38)20-26-7-9-27(57)10-8-26)44(68)55(15-6-16-56)23-37(62)50-30(19-24(2)3)39(63)48-22-35(47)60/h7-10,24-25,28-32,38,56-57H,5-6,11-23H2,1-4H3,(H2,45,58)(H2,46,59)(H2,47,60)(H,48,63)(H,49,61)(H,50,62)(H,51,67)(H,52,65)(H,53,64)(H,54,66)/t25-,28-,29-,30-,31-,32-,38-/m0/s1. The minimum absolute atomic E-state index is 0.0273. The number of thioether (sulfide) groups is 1. The minimum Gasteiger partial charge on any atom is -0.508 e. The number of aliphatic hydroxyl groups excluding tert-OH is 1. The maximum Gasteiger partial charge on any atom is 0.245 e. The molecule has 7 atom stereocenters. The molecule has 0 aromatic heterocycles. The van der Waals surface area contributed by atoms with Crippen molar-refractivity contribution in [2.75, 3.05) is 37.7 Å². The van der Waals surface area contributed by atoms with Gasteiger partial charge in [0.05, 0.1) is 19.5 Å². The summed E-state index contributed by atoms with van der Waals surface area (Å²) in [4.78, 5) is 147. The van der Waals surface area contributed by atoms with Gasteiger partial charge in [0.2, 0.25) is 65.0 Å². The topological polar surface area (TPSA) is 394 Å². The highest BCUT2D eigenvalue weighted by Gasteiger charge is 2.36. The van der Waals surface area contributed by atoms with Gasteiger partial charge in [-0.25, -0.2) is 0 Å². The summed E-state index contributed by atoms with van der Waals surface area (Å²) in [6, 6.07) is -2.60. The molecule has 1 fully saturated rings. The number of aromatic hydroxyl groups is 1. The lowest BCUT2D eigenvalue weighted by Gasteiger charge is -2.30. The molecule has 15 N–H and O–H groups in total. The van der Waals surface area contributed by atoms with Crippen LogP contribution in [0.1, 0.15) is 84.6 Å². The van der Waals surface area contributed by atoms with Gasteiger partial charge in [-0.1, -0.05) is 46.2 Å². The van der Waals surface area contributed by atoms with Crippen LogP contribution in [0.25, 0.3) is 0 Å². The first-order chi connectivity index (χ1) is 32.5. The Morgan fingerprint density at radius 1 is 0.812 bits per heavy atom. The third-order valence-electron chi connectivity index (χ3n) is 10.8. The predicted octanol–water partition coefficient (Wildman–Crippen LogP) is -3.58. The summed E-state index contributed by atoms with van der Waals surface area (Å²) >= 11 is 1.19. The number of carbonyl (C=O) groups is 11. The van der Waals surface area contributed by atoms with Crippen LogP contribution in [0.5, 0.6) is 5.75 Å². The van der Waals surface area contributed by atoms with Gasteiger partial charge in [0.25, 0.3) is 0 Å². The summed E-state index contributed by atoms with van der Waals surface area (Å²) in [5.74, 6) is -9.89. The van der Waals surface area contributed by atoms with Gasteiger partial charge in [-0.15, -0.1) is 0 Å². The van der Waals surface area contributed by atoms with Gasteiger partial charge < -0.3 is 69.5 Å². The molecule has 24 nitrogen and oxygen atoms in total. The molecule has 0 bridgehead atoms. The second-order valence-electron chi connectivity index (χ2n) is 17.1. The summed E-state index contributed by atoms with van der Waals surface area (Å²) < 4.78 is 0. The van der Waals surface area contributed by atoms with E-state index in [9.17, 15) is 63.0 Å². The second-order valence-corrected chi connectivity index (χ2v) is 18.4. The molecule has 69 heavy (non-hydrogen) atoms. The van der Waals surface area contributed by atoms with Crippen LogP contribution in [-0.4, -0.2) is 154 Å². The third kappa shape index (κ3) is 22.0. The number of hydrogen-bond donors (Lipinski definition) is 12. The molecule has 1 aromatic rings. The first-order valence-electron chi connectivity index (χ1n) is 22.7. The van der Waals surface area contributed by atoms with E-state index in [-0.39, 0.29) is 61.8 Å². The molecule has 0 spiro atoms. The van der Waals surface area contributed by atoms with Crippen molar-refractivity contribution in [2.24, 2.45) is 29.0 Å². The number of carbonyl (C=O) groups excluding carboxylic acids is 11. The number of phenolic OH excluding ortho intramolecular Hbond substituents is 1. The lowest BCUT2D eigenvalue weighted by Crippen LogP contribution is -2.61. The lowest BCUT2D eigenvalue weighted by molar-refractivity contribution is -0.141. The van der Waals surface area contributed by atoms with E-state index in [1.54, 1.807) is 39.8 Å². The molecule has 11 amide bonds. The Kier molecular flexibility index (Phi) is 25.6. The van der Waals surface area contributed by atoms with Gasteiger partial charge >= 0.3 is 0 Å². The first-order valence-corrected chi connectivity index (χ1v) is 23.9. The number of rotatable bonds is 21. The fourth-order valence-corrected chi connectivity index (χ4v) is 7.90. The molecule has 2 rings (SSSR count). The Morgan fingerprint density at radius 2 is 1.45 bits per heavy atom. The fourth-order valence-electron chi connectivity index (χ4n) is 6.96. The van der Waals surface area contributed by atoms with Crippen LogP contribution >= 0.6 is 11.8 Å². The van der Waals surface area contributed by atoms with Gasteiger partial charge in [-0.3, -0.25) is 52.7 Å². The number of phenols is 1. The Hall–Kier alpha value is -6.50. The maximum atomic E-state index is 14.4. The Balaban J connectivity index is 2.63. The summed E-state index contributed by atoms with van der Waals surface area (Å²) in [7, 11) is 0. The molecule has 1 aliphatic rings. The first kappa shape index (κ1) is 58.6. The molecule has 0 aliphatic carbocycles. The van der Waals surface area contributed by atoms with Gasteiger partial charge in [-0.05, 0) is 61.0 Å². The Bertz CT molecular complexity index is 1970. The molecule has 0 saturated carbocycles. The van der Waals surface area contributed by atoms with Crippen LogP contribution in [0.3, 0.4) is 0 Å². The number of nitrogens with one attached hydrogen (secondary N) is 7. The largest absolute Gasteiger partial charge is 0.508 e. The molecule has 384 valence electrons. The Morgan fingerprint density at radius 3 is 2.04 bits per heavy atom. The van der Waals surface area contributed by atoms with Crippen LogP contribution in [0.15, 0.2) is 24.3 Å². The minimum atomic E-state index is -1.77. The Labute approximate surface area is 404 Å². The van der Waals surface area contributed by atoms with Crippen molar-refractivity contribution in [3.8, 4) is 5.75 Å². The van der Waals surface area contributed by atoms with E-state index in [1.807, 2.05) is 0 Å². The third-order valence-corrected chi connectivity index (χ3v) is 11.9. The van der Waals surface area contributed by atoms with Crippen LogP contribution in [0.2, 0.25) is 0 Å². The SMILES string of the molecule is CC[C@H](C)[C@@H]1NC(=O)[C@H](Cc2ccc(O)cc2)NC(=O)CCSCC[C@@H](C(=O)N(CCCO)CC(=O)N[C@@H](CC(C)C)C(=O)NCC(N)=O)NC(=O)[C@H](CC(N)=O)NC(=O)[C@H](CCC(N)=O)NC1=O. The quantitative estimate of drug-likeness (QED) is 0.0567. The number of nitrogens with zero attached hydrogens (tertiary/aromatic N) is 1. The number of benzene rings is 1. The highest BCUT2D eigenvalue weighted by Crippen LogP contribution is 2.16. The molecule has 25 heteroatoms. The van der Waals surface area contributed by atoms with Crippen molar-refractivity contribution in [1.82, 2.24) is 42.1 Å². The second kappa shape index (κ2) is 30.1. The molecule has 1 aliphatic heterocycles. The normalized spacial score (nSPS) is 20.9. The number of primary amides is 3. The van der Waals surface area contributed by atoms with E-state index in [0.717, 1.165) is 4.90 Å². The van der Waals surface area contributed by atoms with Crippen LogP contribution in [0.4, 0.5) is 0 Å². The van der Waals surface area contributed by atoms with Gasteiger partial charge in [0.1, 0.15) is 42.0 Å². The monoisotopic (exact) mass is 991 g/mol. The zero-order valence-electron chi connectivity index (χ0n) is 39.5. The van der Waals surface area contributed by atoms with E-state index in [1.165, 1.54) is 23.9 Å². The molecular weight excluding hydrogens is 923 g/mol. The van der Waals surface area contributed by atoms with Crippen LogP contribution < -0.4 is 54.4 Å². The summed E-state index contributed by atoms with van der Waals surface area (Å²) in [6.45, 7) is 5.18. The van der Waals surface area contributed by atoms with Gasteiger partial charge in [-0.2, -0.15) is 11.8 Å². The van der Waals surface area contributed by atoms with E-state index in [2.05, 4.69) is 37.2 Å². The summed E-state index contributed by atoms with van der Waals surface area (Å²) in [5, 5.41) is 37.3. The molecule has 0 radical (unpaired) electrons. The summed E-state index contributed by atoms with van der Waals surface area (Å²) in [5.41, 5.74) is 16.6. The van der Waals surface area contributed by atoms with Gasteiger partial charge in [0, 0.05) is 38.2 Å². The molecular formula is C44H69N11O13S. The van der Waals surface area contributed by atoms with Gasteiger partial charge in [0.15, 0.2) is 0 Å². The number of aliphatic hydroxyl groups is 1. The van der Waals surface area contributed by atoms with Crippen molar-refractivity contribution < 1.29 is 63.0 Å². The summed E-state index contributed by atoms with van der Waals surface area (Å²) in [6.07, 6.45) is -1.53. The number of amides is 11. The van der Waals surface area contributed by atoms with Crippen molar-refractivity contribution in [1.29, 1.82) is 0 Å². The van der Waals surface area contributed by atoms with Crippen LogP contribution in [0, 0.1) is 11.8 Å². The molecule has 1 aromatic carbocycles. The predicted molar refractivity (Wildman–Crippen MR) is 252 cm³/mol. The van der Waals surface area contributed by atoms with Crippen molar-refractivity contribution in [2.45, 2.75) is 122 Å². The van der Waals surface area contributed by atoms with Crippen LogP contribution in [-0.2, 0) is 59.2 Å². The van der Waals surface area contributed by atoms with E-state index in [4.69, 9.17) is 17.2 Å². The average Bonchev–Trinajstić information content (AvgIpc) is 3.28. The van der Waals surface area contributed by atoms with E-state index in [0.29, 0.717) is 12.0 Å². The van der Waals surface area contributed by atoms with Crippen molar-refractivity contribution >= 4 is 76.7 Å². The molecule has 1 heterocycles. The van der Waals surface area contributed by atoms with Crippen molar-refractivity contribution in [3.05, 3.63) is 29.8 Å². The van der Waals surface area contributed by atoms with Crippen molar-refractivity contribution in [3.63, 3.8) is 0 Å². The van der Waals surface area contributed by atoms with E-state index >= 15 is 0 Å². The maximum absolute atomic E-state index is 14.4. The smallest absolute Gasteiger partial charge is 0.245 e. The zero-order valence-corrected chi connectivity index (χ0v) is 40.3. The average molecular weight is 992 g/mol. The number of nitrogens with two attached hydrogens (primary N) is 3. The highest BCUT2D eigenvalue weighted by atomic mass is 32.2. The molecule has 1 saturated heterocycles. The number of hydrogen-bond acceptors (Lipinski definition) is 14. The van der Waals surface area contributed by atoms with E-state index < -0.39 is 146 Å². The molecule has 0 unspecified atom stereocenters.